The van der Waals surface area contributed by atoms with Gasteiger partial charge in [-0.1, -0.05) is 41.9 Å². The average molecular weight is 402 g/mol. The summed E-state index contributed by atoms with van der Waals surface area (Å²) in [7, 11) is -6.82. The van der Waals surface area contributed by atoms with E-state index in [0.29, 0.717) is 31.4 Å². The summed E-state index contributed by atoms with van der Waals surface area (Å²) in [5.41, 5.74) is 0.654. The lowest BCUT2D eigenvalue weighted by Gasteiger charge is -2.03. The Morgan fingerprint density at radius 1 is 1.00 bits per heavy atom. The molecule has 1 heterocycles. The minimum Gasteiger partial charge on any atom is -0.413 e. The van der Waals surface area contributed by atoms with Crippen molar-refractivity contribution >= 4 is 19.9 Å². The molecule has 10 heteroatoms. The average Bonchev–Trinajstić information content (AvgIpc) is 3.08. The van der Waals surface area contributed by atoms with Gasteiger partial charge in [-0.05, 0) is 25.3 Å². The molecular weight excluding hydrogens is 378 g/mol. The van der Waals surface area contributed by atoms with Crippen LogP contribution in [0.4, 0.5) is 0 Å². The summed E-state index contributed by atoms with van der Waals surface area (Å²) in [4.78, 5) is 0. The van der Waals surface area contributed by atoms with Crippen LogP contribution in [0.15, 0.2) is 40.0 Å². The van der Waals surface area contributed by atoms with Crippen molar-refractivity contribution in [3.05, 3.63) is 41.8 Å². The number of hydrogen-bond donors (Lipinski definition) is 1. The molecule has 0 radical (unpaired) electrons. The van der Waals surface area contributed by atoms with Gasteiger partial charge in [0.1, 0.15) is 0 Å². The molecule has 0 saturated carbocycles. The maximum absolute atomic E-state index is 12.3. The molecule has 0 bridgehead atoms. The maximum Gasteiger partial charge on any atom is 0.335 e. The Balaban J connectivity index is 1.78. The second-order valence-corrected chi connectivity index (χ2v) is 9.78. The Morgan fingerprint density at radius 3 is 2.42 bits per heavy atom. The van der Waals surface area contributed by atoms with Crippen LogP contribution in [0.25, 0.3) is 0 Å². The minimum absolute atomic E-state index is 0.0647. The summed E-state index contributed by atoms with van der Waals surface area (Å²) in [5, 5.41) is 7.06. The van der Waals surface area contributed by atoms with Crippen LogP contribution >= 0.6 is 0 Å². The van der Waals surface area contributed by atoms with E-state index in [2.05, 4.69) is 14.9 Å². The summed E-state index contributed by atoms with van der Waals surface area (Å²) >= 11 is 0. The number of rotatable bonds is 11. The molecule has 0 amide bonds. The minimum atomic E-state index is -3.67. The third kappa shape index (κ3) is 6.50. The maximum atomic E-state index is 12.3. The van der Waals surface area contributed by atoms with E-state index in [4.69, 9.17) is 4.42 Å². The van der Waals surface area contributed by atoms with Crippen LogP contribution in [-0.2, 0) is 32.0 Å². The SMILES string of the molecule is CCS(=O)(=O)NCCCCCc1nnc(S(=O)(=O)Cc2ccccc2)o1. The highest BCUT2D eigenvalue weighted by Gasteiger charge is 2.22. The van der Waals surface area contributed by atoms with E-state index < -0.39 is 19.9 Å². The number of sulfonamides is 1. The number of unbranched alkanes of at least 4 members (excludes halogenated alkanes) is 2. The van der Waals surface area contributed by atoms with Gasteiger partial charge in [-0.15, -0.1) is 5.10 Å². The summed E-state index contributed by atoms with van der Waals surface area (Å²) in [6.45, 7) is 1.97. The molecule has 0 spiro atoms. The van der Waals surface area contributed by atoms with Gasteiger partial charge in [0, 0.05) is 13.0 Å². The highest BCUT2D eigenvalue weighted by molar-refractivity contribution is 7.90. The van der Waals surface area contributed by atoms with Crippen LogP contribution in [0, 0.1) is 0 Å². The predicted molar refractivity (Wildman–Crippen MR) is 96.6 cm³/mol. The van der Waals surface area contributed by atoms with Crippen molar-refractivity contribution in [1.82, 2.24) is 14.9 Å². The van der Waals surface area contributed by atoms with Crippen LogP contribution in [0.2, 0.25) is 0 Å². The normalized spacial score (nSPS) is 12.3. The smallest absolute Gasteiger partial charge is 0.335 e. The van der Waals surface area contributed by atoms with Gasteiger partial charge in [0.15, 0.2) is 0 Å². The second kappa shape index (κ2) is 9.24. The monoisotopic (exact) mass is 401 g/mol. The molecule has 0 unspecified atom stereocenters. The number of benzene rings is 1. The molecule has 2 aromatic rings. The van der Waals surface area contributed by atoms with Crippen LogP contribution in [0.3, 0.4) is 0 Å². The highest BCUT2D eigenvalue weighted by atomic mass is 32.2. The summed E-state index contributed by atoms with van der Waals surface area (Å²) in [6, 6.07) is 8.80. The lowest BCUT2D eigenvalue weighted by atomic mass is 10.2. The van der Waals surface area contributed by atoms with Crippen molar-refractivity contribution in [3.63, 3.8) is 0 Å². The van der Waals surface area contributed by atoms with E-state index in [1.165, 1.54) is 0 Å². The number of nitrogens with zero attached hydrogens (tertiary/aromatic N) is 2. The topological polar surface area (TPSA) is 119 Å². The lowest BCUT2D eigenvalue weighted by Crippen LogP contribution is -2.26. The first-order chi connectivity index (χ1) is 12.3. The van der Waals surface area contributed by atoms with Crippen molar-refractivity contribution in [2.24, 2.45) is 0 Å². The number of aromatic nitrogens is 2. The Kier molecular flexibility index (Phi) is 7.30. The fourth-order valence-electron chi connectivity index (χ4n) is 2.23. The zero-order valence-electron chi connectivity index (χ0n) is 14.6. The number of nitrogens with one attached hydrogen (secondary N) is 1. The first-order valence-electron chi connectivity index (χ1n) is 8.39. The first kappa shape index (κ1) is 20.5. The molecule has 2 rings (SSSR count). The van der Waals surface area contributed by atoms with Crippen molar-refractivity contribution in [1.29, 1.82) is 0 Å². The van der Waals surface area contributed by atoms with Gasteiger partial charge in [-0.3, -0.25) is 0 Å². The fraction of sp³-hybridized carbons (Fsp3) is 0.500. The van der Waals surface area contributed by atoms with E-state index in [1.807, 2.05) is 6.07 Å². The number of hydrogen-bond acceptors (Lipinski definition) is 7. The summed E-state index contributed by atoms with van der Waals surface area (Å²) < 4.78 is 54.9. The predicted octanol–water partition coefficient (Wildman–Crippen LogP) is 1.70. The standard InChI is InChI=1S/C16H23N3O5S2/c1-2-26(22,23)17-12-8-4-7-11-15-18-19-16(24-15)25(20,21)13-14-9-5-3-6-10-14/h3,5-6,9-10,17H,2,4,7-8,11-13H2,1H3. The molecule has 1 aromatic heterocycles. The second-order valence-electron chi connectivity index (χ2n) is 5.81. The van der Waals surface area contributed by atoms with Gasteiger partial charge < -0.3 is 4.42 Å². The fourth-order valence-corrected chi connectivity index (χ4v) is 4.03. The molecule has 0 saturated heterocycles. The van der Waals surface area contributed by atoms with Gasteiger partial charge in [0.05, 0.1) is 11.5 Å². The molecule has 8 nitrogen and oxygen atoms in total. The molecular formula is C16H23N3O5S2. The Hall–Kier alpha value is -1.78. The molecule has 0 aliphatic rings. The van der Waals surface area contributed by atoms with E-state index in [1.54, 1.807) is 31.2 Å². The van der Waals surface area contributed by atoms with Crippen LogP contribution in [0.5, 0.6) is 0 Å². The van der Waals surface area contributed by atoms with Crippen molar-refractivity contribution in [3.8, 4) is 0 Å². The Labute approximate surface area is 154 Å². The summed E-state index contributed by atoms with van der Waals surface area (Å²) in [5.74, 6) is 0.146. The highest BCUT2D eigenvalue weighted by Crippen LogP contribution is 2.16. The van der Waals surface area contributed by atoms with E-state index in [0.717, 1.165) is 6.42 Å². The number of aryl methyl sites for hydroxylation is 1. The first-order valence-corrected chi connectivity index (χ1v) is 11.7. The molecule has 26 heavy (non-hydrogen) atoms. The van der Waals surface area contributed by atoms with Gasteiger partial charge in [0.2, 0.25) is 25.8 Å². The third-order valence-electron chi connectivity index (χ3n) is 3.68. The van der Waals surface area contributed by atoms with Crippen LogP contribution in [-0.4, -0.2) is 39.3 Å². The van der Waals surface area contributed by atoms with Gasteiger partial charge >= 0.3 is 5.22 Å². The van der Waals surface area contributed by atoms with E-state index >= 15 is 0 Å². The van der Waals surface area contributed by atoms with Gasteiger partial charge in [-0.25, -0.2) is 21.6 Å². The molecule has 0 atom stereocenters. The zero-order valence-corrected chi connectivity index (χ0v) is 16.2. The largest absolute Gasteiger partial charge is 0.413 e. The lowest BCUT2D eigenvalue weighted by molar-refractivity contribution is 0.391. The zero-order chi connectivity index (χ0) is 19.0. The molecule has 0 aliphatic carbocycles. The third-order valence-corrected chi connectivity index (χ3v) is 6.50. The number of sulfone groups is 1. The van der Waals surface area contributed by atoms with Crippen LogP contribution < -0.4 is 4.72 Å². The molecule has 1 aromatic carbocycles. The van der Waals surface area contributed by atoms with Crippen molar-refractivity contribution in [2.45, 2.75) is 43.6 Å². The van der Waals surface area contributed by atoms with Crippen molar-refractivity contribution < 1.29 is 21.3 Å². The van der Waals surface area contributed by atoms with Crippen molar-refractivity contribution in [2.75, 3.05) is 12.3 Å². The van der Waals surface area contributed by atoms with Gasteiger partial charge in [-0.2, -0.15) is 0 Å². The molecule has 0 aliphatic heterocycles. The quantitative estimate of drug-likeness (QED) is 0.569. The Morgan fingerprint density at radius 2 is 1.73 bits per heavy atom. The van der Waals surface area contributed by atoms with Gasteiger partial charge in [0.25, 0.3) is 0 Å². The van der Waals surface area contributed by atoms with E-state index in [9.17, 15) is 16.8 Å². The molecule has 0 fully saturated rings. The molecule has 144 valence electrons. The van der Waals surface area contributed by atoms with Crippen LogP contribution in [0.1, 0.15) is 37.6 Å². The van der Waals surface area contributed by atoms with E-state index in [-0.39, 0.29) is 22.6 Å². The summed E-state index contributed by atoms with van der Waals surface area (Å²) in [6.07, 6.45) is 2.61. The Bertz CT molecular complexity index is 893. The molecule has 1 N–H and O–H groups in total.